The molecule has 1 heterocycles. The summed E-state index contributed by atoms with van der Waals surface area (Å²) in [5.74, 6) is -2.13. The SMILES string of the molecule is COC(=O)[C@H]1C[C@H](C(=O)O)Nc2cccc(Cl)c21. The third-order valence-electron chi connectivity index (χ3n) is 2.99. The Bertz CT molecular complexity index is 503. The monoisotopic (exact) mass is 269 g/mol. The number of carbonyl (C=O) groups is 2. The molecule has 0 bridgehead atoms. The van der Waals surface area contributed by atoms with E-state index in [0.717, 1.165) is 0 Å². The van der Waals surface area contributed by atoms with Gasteiger partial charge in [-0.1, -0.05) is 17.7 Å². The van der Waals surface area contributed by atoms with E-state index in [1.807, 2.05) is 0 Å². The fourth-order valence-electron chi connectivity index (χ4n) is 2.14. The van der Waals surface area contributed by atoms with Crippen LogP contribution < -0.4 is 5.32 Å². The van der Waals surface area contributed by atoms with Crippen molar-refractivity contribution < 1.29 is 19.4 Å². The molecule has 2 N–H and O–H groups in total. The van der Waals surface area contributed by atoms with Gasteiger partial charge in [-0.05, 0) is 18.6 Å². The quantitative estimate of drug-likeness (QED) is 0.802. The first-order chi connectivity index (χ1) is 8.54. The summed E-state index contributed by atoms with van der Waals surface area (Å²) >= 11 is 6.07. The molecule has 0 aromatic heterocycles. The molecule has 0 radical (unpaired) electrons. The maximum absolute atomic E-state index is 11.7. The minimum atomic E-state index is -1.01. The molecule has 5 nitrogen and oxygen atoms in total. The van der Waals surface area contributed by atoms with Crippen LogP contribution in [0.4, 0.5) is 5.69 Å². The zero-order chi connectivity index (χ0) is 13.3. The first-order valence-corrected chi connectivity index (χ1v) is 5.78. The van der Waals surface area contributed by atoms with E-state index in [1.165, 1.54) is 7.11 Å². The molecule has 6 heteroatoms. The summed E-state index contributed by atoms with van der Waals surface area (Å²) in [4.78, 5) is 22.8. The maximum atomic E-state index is 11.7. The van der Waals surface area contributed by atoms with Gasteiger partial charge in [0.1, 0.15) is 6.04 Å². The van der Waals surface area contributed by atoms with Crippen molar-refractivity contribution in [3.63, 3.8) is 0 Å². The lowest BCUT2D eigenvalue weighted by Crippen LogP contribution is -2.37. The van der Waals surface area contributed by atoms with E-state index in [1.54, 1.807) is 18.2 Å². The number of anilines is 1. The summed E-state index contributed by atoms with van der Waals surface area (Å²) in [6, 6.07) is 4.25. The molecule has 0 unspecified atom stereocenters. The number of methoxy groups -OCH3 is 1. The van der Waals surface area contributed by atoms with Gasteiger partial charge in [0.25, 0.3) is 0 Å². The number of benzene rings is 1. The number of rotatable bonds is 2. The number of esters is 1. The lowest BCUT2D eigenvalue weighted by molar-refractivity contribution is -0.143. The largest absolute Gasteiger partial charge is 0.480 e. The highest BCUT2D eigenvalue weighted by molar-refractivity contribution is 6.32. The van der Waals surface area contributed by atoms with Crippen LogP contribution in [-0.2, 0) is 14.3 Å². The highest BCUT2D eigenvalue weighted by atomic mass is 35.5. The predicted octanol–water partition coefficient (Wildman–Crippen LogP) is 1.87. The summed E-state index contributed by atoms with van der Waals surface area (Å²) < 4.78 is 4.71. The Morgan fingerprint density at radius 1 is 1.50 bits per heavy atom. The molecule has 0 aliphatic carbocycles. The van der Waals surface area contributed by atoms with E-state index in [4.69, 9.17) is 21.4 Å². The summed E-state index contributed by atoms with van der Waals surface area (Å²) in [6.45, 7) is 0. The second-order valence-electron chi connectivity index (χ2n) is 4.05. The van der Waals surface area contributed by atoms with E-state index < -0.39 is 23.9 Å². The molecule has 0 saturated carbocycles. The average Bonchev–Trinajstić information content (AvgIpc) is 2.36. The second-order valence-corrected chi connectivity index (χ2v) is 4.45. The zero-order valence-corrected chi connectivity index (χ0v) is 10.4. The molecule has 0 spiro atoms. The highest BCUT2D eigenvalue weighted by Crippen LogP contribution is 2.39. The van der Waals surface area contributed by atoms with Gasteiger partial charge in [0, 0.05) is 16.3 Å². The number of hydrogen-bond donors (Lipinski definition) is 2. The van der Waals surface area contributed by atoms with Crippen molar-refractivity contribution >= 4 is 29.2 Å². The third-order valence-corrected chi connectivity index (χ3v) is 3.32. The molecule has 2 atom stereocenters. The molecule has 0 saturated heterocycles. The van der Waals surface area contributed by atoms with Gasteiger partial charge in [-0.25, -0.2) is 4.79 Å². The molecule has 1 aromatic carbocycles. The van der Waals surface area contributed by atoms with Crippen LogP contribution in [0.5, 0.6) is 0 Å². The fraction of sp³-hybridized carbons (Fsp3) is 0.333. The smallest absolute Gasteiger partial charge is 0.326 e. The van der Waals surface area contributed by atoms with Crippen molar-refractivity contribution in [1.82, 2.24) is 0 Å². The van der Waals surface area contributed by atoms with Gasteiger partial charge in [-0.2, -0.15) is 0 Å². The van der Waals surface area contributed by atoms with Gasteiger partial charge >= 0.3 is 11.9 Å². The molecule has 96 valence electrons. The van der Waals surface area contributed by atoms with Crippen molar-refractivity contribution in [1.29, 1.82) is 0 Å². The molecule has 2 rings (SSSR count). The van der Waals surface area contributed by atoms with Crippen molar-refractivity contribution in [3.05, 3.63) is 28.8 Å². The van der Waals surface area contributed by atoms with E-state index in [9.17, 15) is 9.59 Å². The van der Waals surface area contributed by atoms with Gasteiger partial charge in [0.2, 0.25) is 0 Å². The summed E-state index contributed by atoms with van der Waals surface area (Å²) in [6.07, 6.45) is 0.124. The molecule has 1 aliphatic heterocycles. The third kappa shape index (κ3) is 2.13. The number of aliphatic carboxylic acids is 1. The fourth-order valence-corrected chi connectivity index (χ4v) is 2.44. The van der Waals surface area contributed by atoms with E-state index in [-0.39, 0.29) is 6.42 Å². The Morgan fingerprint density at radius 3 is 2.83 bits per heavy atom. The Balaban J connectivity index is 2.47. The minimum Gasteiger partial charge on any atom is -0.480 e. The van der Waals surface area contributed by atoms with Crippen LogP contribution >= 0.6 is 11.6 Å². The highest BCUT2D eigenvalue weighted by Gasteiger charge is 2.36. The maximum Gasteiger partial charge on any atom is 0.326 e. The summed E-state index contributed by atoms with van der Waals surface area (Å²) in [7, 11) is 1.27. The van der Waals surface area contributed by atoms with Crippen LogP contribution in [0, 0.1) is 0 Å². The second kappa shape index (κ2) is 4.86. The Hall–Kier alpha value is -1.75. The van der Waals surface area contributed by atoms with Gasteiger partial charge in [0.15, 0.2) is 0 Å². The molecular weight excluding hydrogens is 258 g/mol. The van der Waals surface area contributed by atoms with E-state index >= 15 is 0 Å². The summed E-state index contributed by atoms with van der Waals surface area (Å²) in [5, 5.41) is 12.3. The van der Waals surface area contributed by atoms with Crippen molar-refractivity contribution in [2.24, 2.45) is 0 Å². The van der Waals surface area contributed by atoms with Gasteiger partial charge in [-0.15, -0.1) is 0 Å². The topological polar surface area (TPSA) is 75.6 Å². The number of carbonyl (C=O) groups excluding carboxylic acids is 1. The zero-order valence-electron chi connectivity index (χ0n) is 9.64. The molecule has 18 heavy (non-hydrogen) atoms. The predicted molar refractivity (Wildman–Crippen MR) is 65.9 cm³/mol. The van der Waals surface area contributed by atoms with Gasteiger partial charge in [-0.3, -0.25) is 4.79 Å². The van der Waals surface area contributed by atoms with E-state index in [2.05, 4.69) is 5.32 Å². The van der Waals surface area contributed by atoms with Crippen LogP contribution in [0.3, 0.4) is 0 Å². The van der Waals surface area contributed by atoms with Crippen LogP contribution in [0.15, 0.2) is 18.2 Å². The van der Waals surface area contributed by atoms with Crippen LogP contribution in [0.2, 0.25) is 5.02 Å². The van der Waals surface area contributed by atoms with Crippen LogP contribution in [0.1, 0.15) is 17.9 Å². The molecule has 1 aromatic rings. The number of halogens is 1. The molecular formula is C12H12ClNO4. The number of fused-ring (bicyclic) bond motifs is 1. The van der Waals surface area contributed by atoms with Crippen LogP contribution in [-0.4, -0.2) is 30.2 Å². The number of carboxylic acids is 1. The minimum absolute atomic E-state index is 0.124. The number of ether oxygens (including phenoxy) is 1. The Morgan fingerprint density at radius 2 is 2.22 bits per heavy atom. The van der Waals surface area contributed by atoms with Crippen molar-refractivity contribution in [3.8, 4) is 0 Å². The molecule has 1 aliphatic rings. The number of nitrogens with one attached hydrogen (secondary N) is 1. The summed E-state index contributed by atoms with van der Waals surface area (Å²) in [5.41, 5.74) is 1.17. The molecule has 0 fully saturated rings. The van der Waals surface area contributed by atoms with E-state index in [0.29, 0.717) is 16.3 Å². The lowest BCUT2D eigenvalue weighted by Gasteiger charge is -2.30. The Kier molecular flexibility index (Phi) is 3.43. The first-order valence-electron chi connectivity index (χ1n) is 5.40. The Labute approximate surface area is 109 Å². The van der Waals surface area contributed by atoms with Gasteiger partial charge in [0.05, 0.1) is 13.0 Å². The van der Waals surface area contributed by atoms with Crippen molar-refractivity contribution in [2.75, 3.05) is 12.4 Å². The first kappa shape index (κ1) is 12.7. The average molecular weight is 270 g/mol. The standard InChI is InChI=1S/C12H12ClNO4/c1-18-12(17)6-5-9(11(15)16)14-8-4-2-3-7(13)10(6)8/h2-4,6,9,14H,5H2,1H3,(H,15,16)/t6-,9+/m0/s1. The van der Waals surface area contributed by atoms with Crippen molar-refractivity contribution in [2.45, 2.75) is 18.4 Å². The number of carboxylic acid groups (broad SMARTS) is 1. The van der Waals surface area contributed by atoms with Crippen LogP contribution in [0.25, 0.3) is 0 Å². The lowest BCUT2D eigenvalue weighted by atomic mass is 9.87. The molecule has 0 amide bonds. The normalized spacial score (nSPS) is 21.7. The number of hydrogen-bond acceptors (Lipinski definition) is 4. The van der Waals surface area contributed by atoms with Gasteiger partial charge < -0.3 is 15.2 Å².